The monoisotopic (exact) mass is 297 g/mol. The molecule has 3 aromatic rings. The Labute approximate surface area is 128 Å². The largest absolute Gasteiger partial charge is 0.316 e. The van der Waals surface area contributed by atoms with Crippen LogP contribution in [0.15, 0.2) is 48.1 Å². The second kappa shape index (κ2) is 4.97. The summed E-state index contributed by atoms with van der Waals surface area (Å²) in [6.45, 7) is 0. The van der Waals surface area contributed by atoms with Gasteiger partial charge in [-0.2, -0.15) is 0 Å². The van der Waals surface area contributed by atoms with Crippen molar-refractivity contribution in [1.29, 1.82) is 0 Å². The fourth-order valence-electron chi connectivity index (χ4n) is 3.40. The number of rotatable bonds is 5. The van der Waals surface area contributed by atoms with Crippen LogP contribution < -0.4 is 5.32 Å². The van der Waals surface area contributed by atoms with Crippen molar-refractivity contribution in [2.75, 3.05) is 7.05 Å². The van der Waals surface area contributed by atoms with Gasteiger partial charge in [0.2, 0.25) is 0 Å². The highest BCUT2D eigenvalue weighted by Gasteiger charge is 2.50. The van der Waals surface area contributed by atoms with Crippen LogP contribution in [0.1, 0.15) is 24.1 Å². The molecular weight excluding hydrogens is 278 g/mol. The SMILES string of the molecule is CNC(Cc1cn2ccsc2n1)C1(c2ccccc2)CC1. The van der Waals surface area contributed by atoms with Gasteiger partial charge in [-0.25, -0.2) is 4.98 Å². The Bertz CT molecular complexity index is 711. The summed E-state index contributed by atoms with van der Waals surface area (Å²) in [6, 6.07) is 11.4. The molecule has 0 spiro atoms. The molecule has 0 amide bonds. The summed E-state index contributed by atoms with van der Waals surface area (Å²) < 4.78 is 2.12. The molecule has 0 saturated heterocycles. The Morgan fingerprint density at radius 3 is 2.81 bits per heavy atom. The van der Waals surface area contributed by atoms with Crippen LogP contribution in [0.25, 0.3) is 4.96 Å². The highest BCUT2D eigenvalue weighted by Crippen LogP contribution is 2.51. The van der Waals surface area contributed by atoms with Crippen molar-refractivity contribution in [2.45, 2.75) is 30.7 Å². The maximum Gasteiger partial charge on any atom is 0.193 e. The van der Waals surface area contributed by atoms with Crippen LogP contribution >= 0.6 is 11.3 Å². The van der Waals surface area contributed by atoms with Crippen molar-refractivity contribution in [3.8, 4) is 0 Å². The smallest absolute Gasteiger partial charge is 0.193 e. The first-order valence-electron chi connectivity index (χ1n) is 7.46. The average Bonchev–Trinajstić information content (AvgIpc) is 3.06. The van der Waals surface area contributed by atoms with Gasteiger partial charge in [-0.1, -0.05) is 30.3 Å². The molecule has 2 heterocycles. The van der Waals surface area contributed by atoms with Crippen molar-refractivity contribution in [2.24, 2.45) is 0 Å². The molecule has 108 valence electrons. The first-order valence-corrected chi connectivity index (χ1v) is 8.34. The molecule has 0 bridgehead atoms. The number of nitrogens with one attached hydrogen (secondary N) is 1. The van der Waals surface area contributed by atoms with Crippen LogP contribution in [0, 0.1) is 0 Å². The molecule has 3 nitrogen and oxygen atoms in total. The van der Waals surface area contributed by atoms with Gasteiger partial charge in [-0.3, -0.25) is 4.40 Å². The van der Waals surface area contributed by atoms with E-state index < -0.39 is 0 Å². The fourth-order valence-corrected chi connectivity index (χ4v) is 4.12. The second-order valence-electron chi connectivity index (χ2n) is 5.89. The predicted octanol–water partition coefficient (Wildman–Crippen LogP) is 3.26. The van der Waals surface area contributed by atoms with E-state index in [1.807, 2.05) is 0 Å². The summed E-state index contributed by atoms with van der Waals surface area (Å²) in [4.78, 5) is 5.82. The van der Waals surface area contributed by atoms with Crippen molar-refractivity contribution in [3.63, 3.8) is 0 Å². The Morgan fingerprint density at radius 1 is 1.33 bits per heavy atom. The summed E-state index contributed by atoms with van der Waals surface area (Å²) in [5, 5.41) is 5.62. The Balaban J connectivity index is 1.61. The van der Waals surface area contributed by atoms with Crippen LogP contribution in [0.5, 0.6) is 0 Å². The van der Waals surface area contributed by atoms with Gasteiger partial charge in [-0.15, -0.1) is 11.3 Å². The minimum Gasteiger partial charge on any atom is -0.316 e. The normalized spacial score (nSPS) is 18.0. The Hall–Kier alpha value is -1.65. The van der Waals surface area contributed by atoms with E-state index in [2.05, 4.69) is 64.9 Å². The number of hydrogen-bond donors (Lipinski definition) is 1. The molecule has 1 saturated carbocycles. The summed E-state index contributed by atoms with van der Waals surface area (Å²) in [5.41, 5.74) is 2.95. The van der Waals surface area contributed by atoms with E-state index in [9.17, 15) is 0 Å². The maximum absolute atomic E-state index is 4.74. The molecule has 1 aliphatic rings. The topological polar surface area (TPSA) is 29.3 Å². The third-order valence-electron chi connectivity index (χ3n) is 4.71. The molecule has 21 heavy (non-hydrogen) atoms. The van der Waals surface area contributed by atoms with Crippen molar-refractivity contribution in [3.05, 3.63) is 59.4 Å². The van der Waals surface area contributed by atoms with E-state index in [0.717, 1.165) is 11.4 Å². The summed E-state index contributed by atoms with van der Waals surface area (Å²) >= 11 is 1.69. The zero-order valence-corrected chi connectivity index (χ0v) is 12.9. The number of hydrogen-bond acceptors (Lipinski definition) is 3. The number of aromatic nitrogens is 2. The molecule has 1 aromatic carbocycles. The van der Waals surface area contributed by atoms with E-state index >= 15 is 0 Å². The van der Waals surface area contributed by atoms with Crippen LogP contribution in [0.2, 0.25) is 0 Å². The summed E-state index contributed by atoms with van der Waals surface area (Å²) in [6.07, 6.45) is 7.77. The minimum atomic E-state index is 0.299. The van der Waals surface area contributed by atoms with Gasteiger partial charge in [0.25, 0.3) is 0 Å². The molecular formula is C17H19N3S. The number of fused-ring (bicyclic) bond motifs is 1. The Kier molecular flexibility index (Phi) is 3.08. The lowest BCUT2D eigenvalue weighted by Crippen LogP contribution is -2.39. The van der Waals surface area contributed by atoms with Crippen LogP contribution in [0.3, 0.4) is 0 Å². The van der Waals surface area contributed by atoms with Crippen molar-refractivity contribution in [1.82, 2.24) is 14.7 Å². The summed E-state index contributed by atoms with van der Waals surface area (Å²) in [7, 11) is 2.08. The third kappa shape index (κ3) is 2.19. The molecule has 1 N–H and O–H groups in total. The first kappa shape index (κ1) is 13.0. The highest BCUT2D eigenvalue weighted by molar-refractivity contribution is 7.15. The average molecular weight is 297 g/mol. The standard InChI is InChI=1S/C17H19N3S/c1-18-15(11-14-12-20-9-10-21-16(20)19-14)17(7-8-17)13-5-3-2-4-6-13/h2-6,9-10,12,15,18H,7-8,11H2,1H3. The molecule has 1 atom stereocenters. The predicted molar refractivity (Wildman–Crippen MR) is 87.0 cm³/mol. The number of nitrogens with zero attached hydrogens (tertiary/aromatic N) is 2. The lowest BCUT2D eigenvalue weighted by atomic mass is 9.85. The van der Waals surface area contributed by atoms with Crippen molar-refractivity contribution < 1.29 is 0 Å². The first-order chi connectivity index (χ1) is 10.3. The molecule has 1 unspecified atom stereocenters. The molecule has 4 heteroatoms. The summed E-state index contributed by atoms with van der Waals surface area (Å²) in [5.74, 6) is 0. The van der Waals surface area contributed by atoms with Gasteiger partial charge in [0, 0.05) is 35.7 Å². The molecule has 2 aromatic heterocycles. The molecule has 0 radical (unpaired) electrons. The molecule has 0 aliphatic heterocycles. The van der Waals surface area contributed by atoms with Crippen LogP contribution in [-0.2, 0) is 11.8 Å². The lowest BCUT2D eigenvalue weighted by molar-refractivity contribution is 0.439. The third-order valence-corrected chi connectivity index (χ3v) is 5.48. The van der Waals surface area contributed by atoms with Gasteiger partial charge in [-0.05, 0) is 25.5 Å². The van der Waals surface area contributed by atoms with E-state index in [-0.39, 0.29) is 0 Å². The zero-order valence-electron chi connectivity index (χ0n) is 12.1. The zero-order chi connectivity index (χ0) is 14.3. The van der Waals surface area contributed by atoms with Gasteiger partial charge < -0.3 is 5.32 Å². The number of imidazole rings is 1. The quantitative estimate of drug-likeness (QED) is 0.783. The number of thiazole rings is 1. The Morgan fingerprint density at radius 2 is 2.14 bits per heavy atom. The van der Waals surface area contributed by atoms with Crippen LogP contribution in [0.4, 0.5) is 0 Å². The molecule has 1 aliphatic carbocycles. The molecule has 1 fully saturated rings. The second-order valence-corrected chi connectivity index (χ2v) is 6.77. The fraction of sp³-hybridized carbons (Fsp3) is 0.353. The highest BCUT2D eigenvalue weighted by atomic mass is 32.1. The lowest BCUT2D eigenvalue weighted by Gasteiger charge is -2.26. The number of benzene rings is 1. The maximum atomic E-state index is 4.74. The number of likely N-dealkylation sites (N-methyl/N-ethyl adjacent to an activating group) is 1. The van der Waals surface area contributed by atoms with Gasteiger partial charge in [0.05, 0.1) is 5.69 Å². The van der Waals surface area contributed by atoms with Gasteiger partial charge in [0.1, 0.15) is 0 Å². The van der Waals surface area contributed by atoms with E-state index in [1.165, 1.54) is 24.1 Å². The van der Waals surface area contributed by atoms with E-state index in [4.69, 9.17) is 4.98 Å². The van der Waals surface area contributed by atoms with Gasteiger partial charge >= 0.3 is 0 Å². The molecule has 4 rings (SSSR count). The van der Waals surface area contributed by atoms with Gasteiger partial charge in [0.15, 0.2) is 4.96 Å². The van der Waals surface area contributed by atoms with E-state index in [0.29, 0.717) is 11.5 Å². The van der Waals surface area contributed by atoms with Crippen LogP contribution in [-0.4, -0.2) is 22.5 Å². The van der Waals surface area contributed by atoms with Crippen molar-refractivity contribution >= 4 is 16.3 Å². The minimum absolute atomic E-state index is 0.299. The van der Waals surface area contributed by atoms with E-state index in [1.54, 1.807) is 11.3 Å².